The van der Waals surface area contributed by atoms with Crippen LogP contribution in [0, 0.1) is 0 Å². The number of benzene rings is 1. The molecule has 1 heterocycles. The van der Waals surface area contributed by atoms with Crippen LogP contribution < -0.4 is 20.7 Å². The highest BCUT2D eigenvalue weighted by atomic mass is 32.1. The lowest BCUT2D eigenvalue weighted by Crippen LogP contribution is -2.42. The fourth-order valence-electron chi connectivity index (χ4n) is 1.93. The Hall–Kier alpha value is -2.75. The zero-order valence-electron chi connectivity index (χ0n) is 13.4. The Morgan fingerprint density at radius 3 is 2.46 bits per heavy atom. The standard InChI is InChI=1S/C16H16F3N3O3S/c17-16(18,19)25-12-5-3-11(4-6-12)21-10-14(23)22-15(24)20-8-7-13-2-1-9-26-13/h1-6,9,21H,7-8,10H2,(H2,20,22,23,24). The van der Waals surface area contributed by atoms with Gasteiger partial charge in [-0.2, -0.15) is 0 Å². The van der Waals surface area contributed by atoms with E-state index in [4.69, 9.17) is 0 Å². The molecular formula is C16H16F3N3O3S. The Balaban J connectivity index is 1.66. The van der Waals surface area contributed by atoms with E-state index in [1.807, 2.05) is 17.5 Å². The number of hydrogen-bond donors (Lipinski definition) is 3. The molecule has 0 radical (unpaired) electrons. The van der Waals surface area contributed by atoms with Gasteiger partial charge in [-0.25, -0.2) is 4.79 Å². The molecule has 0 saturated carbocycles. The molecule has 0 aliphatic rings. The Bertz CT molecular complexity index is 719. The Morgan fingerprint density at radius 1 is 1.12 bits per heavy atom. The van der Waals surface area contributed by atoms with Crippen LogP contribution in [0.5, 0.6) is 5.75 Å². The van der Waals surface area contributed by atoms with Crippen LogP contribution in [0.3, 0.4) is 0 Å². The normalized spacial score (nSPS) is 10.9. The first-order valence-corrected chi connectivity index (χ1v) is 8.39. The van der Waals surface area contributed by atoms with Gasteiger partial charge in [0.1, 0.15) is 5.75 Å². The van der Waals surface area contributed by atoms with Gasteiger partial charge in [0.05, 0.1) is 6.54 Å². The van der Waals surface area contributed by atoms with Crippen molar-refractivity contribution in [3.63, 3.8) is 0 Å². The van der Waals surface area contributed by atoms with Gasteiger partial charge in [-0.3, -0.25) is 10.1 Å². The predicted molar refractivity (Wildman–Crippen MR) is 91.2 cm³/mol. The van der Waals surface area contributed by atoms with Crippen molar-refractivity contribution in [2.45, 2.75) is 12.8 Å². The van der Waals surface area contributed by atoms with Gasteiger partial charge in [-0.1, -0.05) is 6.07 Å². The van der Waals surface area contributed by atoms with Crippen molar-refractivity contribution in [3.05, 3.63) is 46.7 Å². The molecule has 140 valence electrons. The second-order valence-corrected chi connectivity index (χ2v) is 6.09. The maximum atomic E-state index is 12.1. The topological polar surface area (TPSA) is 79.5 Å². The third-order valence-corrected chi connectivity index (χ3v) is 3.97. The van der Waals surface area contributed by atoms with Crippen molar-refractivity contribution in [2.75, 3.05) is 18.4 Å². The first kappa shape index (κ1) is 19.6. The van der Waals surface area contributed by atoms with E-state index < -0.39 is 18.3 Å². The van der Waals surface area contributed by atoms with Gasteiger partial charge in [0, 0.05) is 17.1 Å². The fraction of sp³-hybridized carbons (Fsp3) is 0.250. The molecule has 2 aromatic rings. The largest absolute Gasteiger partial charge is 0.573 e. The molecule has 0 bridgehead atoms. The van der Waals surface area contributed by atoms with Crippen LogP contribution in [0.25, 0.3) is 0 Å². The summed E-state index contributed by atoms with van der Waals surface area (Å²) in [4.78, 5) is 24.4. The lowest BCUT2D eigenvalue weighted by Gasteiger charge is -2.10. The fourth-order valence-corrected chi connectivity index (χ4v) is 2.63. The summed E-state index contributed by atoms with van der Waals surface area (Å²) < 4.78 is 39.9. The summed E-state index contributed by atoms with van der Waals surface area (Å²) in [5, 5.41) is 9.34. The van der Waals surface area contributed by atoms with E-state index in [1.54, 1.807) is 11.3 Å². The summed E-state index contributed by atoms with van der Waals surface area (Å²) in [6.07, 6.45) is -4.09. The minimum Gasteiger partial charge on any atom is -0.406 e. The Labute approximate surface area is 151 Å². The van der Waals surface area contributed by atoms with E-state index in [0.717, 1.165) is 17.0 Å². The lowest BCUT2D eigenvalue weighted by molar-refractivity contribution is -0.274. The lowest BCUT2D eigenvalue weighted by atomic mass is 10.3. The van der Waals surface area contributed by atoms with E-state index in [-0.39, 0.29) is 12.3 Å². The molecule has 6 nitrogen and oxygen atoms in total. The Kier molecular flexibility index (Phi) is 6.84. The number of ether oxygens (including phenoxy) is 1. The first-order valence-electron chi connectivity index (χ1n) is 7.51. The molecule has 1 aromatic carbocycles. The van der Waals surface area contributed by atoms with Crippen LogP contribution in [-0.4, -0.2) is 31.4 Å². The molecule has 0 unspecified atom stereocenters. The highest BCUT2D eigenvalue weighted by Crippen LogP contribution is 2.23. The molecule has 1 aromatic heterocycles. The minimum absolute atomic E-state index is 0.210. The first-order chi connectivity index (χ1) is 12.3. The van der Waals surface area contributed by atoms with Crippen LogP contribution in [0.1, 0.15) is 4.88 Å². The zero-order chi connectivity index (χ0) is 19.0. The highest BCUT2D eigenvalue weighted by Gasteiger charge is 2.30. The molecule has 0 aliphatic heterocycles. The number of amides is 3. The number of nitrogens with one attached hydrogen (secondary N) is 3. The van der Waals surface area contributed by atoms with E-state index >= 15 is 0 Å². The highest BCUT2D eigenvalue weighted by molar-refractivity contribution is 7.09. The molecule has 0 spiro atoms. The molecule has 0 atom stereocenters. The van der Waals surface area contributed by atoms with E-state index in [0.29, 0.717) is 18.7 Å². The number of alkyl halides is 3. The van der Waals surface area contributed by atoms with Crippen LogP contribution in [0.4, 0.5) is 23.7 Å². The molecule has 0 fully saturated rings. The zero-order valence-corrected chi connectivity index (χ0v) is 14.2. The van der Waals surface area contributed by atoms with Crippen LogP contribution in [-0.2, 0) is 11.2 Å². The van der Waals surface area contributed by atoms with Crippen molar-refractivity contribution in [1.29, 1.82) is 0 Å². The van der Waals surface area contributed by atoms with Crippen molar-refractivity contribution in [1.82, 2.24) is 10.6 Å². The number of carbonyl (C=O) groups excluding carboxylic acids is 2. The number of imide groups is 1. The smallest absolute Gasteiger partial charge is 0.406 e. The van der Waals surface area contributed by atoms with Crippen LogP contribution in [0.2, 0.25) is 0 Å². The van der Waals surface area contributed by atoms with Gasteiger partial charge in [-0.15, -0.1) is 24.5 Å². The van der Waals surface area contributed by atoms with Crippen LogP contribution in [0.15, 0.2) is 41.8 Å². The molecule has 3 N–H and O–H groups in total. The average Bonchev–Trinajstić information content (AvgIpc) is 3.06. The van der Waals surface area contributed by atoms with E-state index in [9.17, 15) is 22.8 Å². The number of halogens is 3. The van der Waals surface area contributed by atoms with Crippen molar-refractivity contribution < 1.29 is 27.5 Å². The third-order valence-electron chi connectivity index (χ3n) is 3.03. The molecule has 3 amide bonds. The maximum absolute atomic E-state index is 12.1. The third kappa shape index (κ3) is 7.43. The number of urea groups is 1. The van der Waals surface area contributed by atoms with E-state index in [2.05, 4.69) is 20.7 Å². The molecule has 0 saturated heterocycles. The average molecular weight is 387 g/mol. The monoisotopic (exact) mass is 387 g/mol. The van der Waals surface area contributed by atoms with Crippen molar-refractivity contribution in [2.24, 2.45) is 0 Å². The number of anilines is 1. The van der Waals surface area contributed by atoms with E-state index in [1.165, 1.54) is 12.1 Å². The molecule has 10 heteroatoms. The Morgan fingerprint density at radius 2 is 1.85 bits per heavy atom. The SMILES string of the molecule is O=C(CNc1ccc(OC(F)(F)F)cc1)NC(=O)NCCc1cccs1. The van der Waals surface area contributed by atoms with Gasteiger partial charge >= 0.3 is 12.4 Å². The van der Waals surface area contributed by atoms with Gasteiger partial charge in [0.15, 0.2) is 0 Å². The summed E-state index contributed by atoms with van der Waals surface area (Å²) in [5.74, 6) is -0.938. The molecular weight excluding hydrogens is 371 g/mol. The predicted octanol–water partition coefficient (Wildman–Crippen LogP) is 3.13. The van der Waals surface area contributed by atoms with Gasteiger partial charge in [0.25, 0.3) is 0 Å². The number of rotatable bonds is 7. The van der Waals surface area contributed by atoms with Gasteiger partial charge in [-0.05, 0) is 42.1 Å². The molecule has 0 aliphatic carbocycles. The number of hydrogen-bond acceptors (Lipinski definition) is 5. The number of thiophene rings is 1. The summed E-state index contributed by atoms with van der Waals surface area (Å²) >= 11 is 1.58. The van der Waals surface area contributed by atoms with Crippen LogP contribution >= 0.6 is 11.3 Å². The molecule has 2 rings (SSSR count). The van der Waals surface area contributed by atoms with Crippen molar-refractivity contribution in [3.8, 4) is 5.75 Å². The summed E-state index contributed by atoms with van der Waals surface area (Å²) in [5.41, 5.74) is 0.410. The minimum atomic E-state index is -4.76. The molecule has 26 heavy (non-hydrogen) atoms. The second kappa shape index (κ2) is 9.09. The maximum Gasteiger partial charge on any atom is 0.573 e. The summed E-state index contributed by atoms with van der Waals surface area (Å²) in [6, 6.07) is 8.14. The van der Waals surface area contributed by atoms with Crippen molar-refractivity contribution >= 4 is 29.0 Å². The second-order valence-electron chi connectivity index (χ2n) is 5.06. The number of carbonyl (C=O) groups is 2. The summed E-state index contributed by atoms with van der Waals surface area (Å²) in [6.45, 7) is 0.186. The quantitative estimate of drug-likeness (QED) is 0.682. The van der Waals surface area contributed by atoms with Gasteiger partial charge in [0.2, 0.25) is 5.91 Å². The summed E-state index contributed by atoms with van der Waals surface area (Å²) in [7, 11) is 0. The van der Waals surface area contributed by atoms with Gasteiger partial charge < -0.3 is 15.4 Å².